The largest absolute Gasteiger partial charge is 0.519 e. The third-order valence-corrected chi connectivity index (χ3v) is 1.88. The van der Waals surface area contributed by atoms with Gasteiger partial charge in [0.25, 0.3) is 0 Å². The molecule has 0 spiro atoms. The van der Waals surface area contributed by atoms with Gasteiger partial charge < -0.3 is 14.2 Å². The number of hydrogen-bond acceptors (Lipinski definition) is 5. The number of benzene rings is 1. The van der Waals surface area contributed by atoms with Gasteiger partial charge >= 0.3 is 12.3 Å². The molecule has 16 heavy (non-hydrogen) atoms. The number of methoxy groups -OCH3 is 1. The van der Waals surface area contributed by atoms with E-state index in [0.717, 1.165) is 12.7 Å². The van der Waals surface area contributed by atoms with Gasteiger partial charge in [-0.3, -0.25) is 0 Å². The molecule has 0 N–H and O–H groups in total. The second-order valence-corrected chi connectivity index (χ2v) is 2.98. The fourth-order valence-corrected chi connectivity index (χ4v) is 1.07. The Balaban J connectivity index is 2.49. The van der Waals surface area contributed by atoms with E-state index in [1.807, 2.05) is 18.2 Å². The first-order chi connectivity index (χ1) is 7.63. The lowest BCUT2D eigenvalue weighted by Gasteiger charge is -2.11. The summed E-state index contributed by atoms with van der Waals surface area (Å²) >= 11 is 0. The van der Waals surface area contributed by atoms with Crippen molar-refractivity contribution in [1.82, 2.24) is 0 Å². The molecular weight excluding hydrogens is 212 g/mol. The molecule has 0 heterocycles. The zero-order valence-corrected chi connectivity index (χ0v) is 9.01. The Hall–Kier alpha value is -2.04. The van der Waals surface area contributed by atoms with Crippen LogP contribution in [0.2, 0.25) is 0 Å². The molecule has 0 fully saturated rings. The van der Waals surface area contributed by atoms with Gasteiger partial charge in [-0.05, 0) is 12.5 Å². The highest BCUT2D eigenvalue weighted by Crippen LogP contribution is 2.16. The number of hydrogen-bond donors (Lipinski definition) is 0. The molecule has 0 aliphatic heterocycles. The van der Waals surface area contributed by atoms with Gasteiger partial charge in [-0.2, -0.15) is 0 Å². The Morgan fingerprint density at radius 3 is 2.31 bits per heavy atom. The molecule has 5 heteroatoms. The van der Waals surface area contributed by atoms with Crippen molar-refractivity contribution in [1.29, 1.82) is 0 Å². The molecule has 5 nitrogen and oxygen atoms in total. The zero-order valence-electron chi connectivity index (χ0n) is 9.01. The van der Waals surface area contributed by atoms with Crippen molar-refractivity contribution in [3.63, 3.8) is 0 Å². The standard InChI is InChI=1S/C11H12O5/c1-8(9-6-4-3-5-7-9)15-11(13)16-10(12)14-2/h3-8H,1-2H3. The molecule has 0 aliphatic carbocycles. The van der Waals surface area contributed by atoms with Gasteiger partial charge in [0.15, 0.2) is 0 Å². The van der Waals surface area contributed by atoms with Crippen molar-refractivity contribution < 1.29 is 23.8 Å². The summed E-state index contributed by atoms with van der Waals surface area (Å²) in [6.45, 7) is 1.67. The van der Waals surface area contributed by atoms with Crippen LogP contribution in [0.5, 0.6) is 0 Å². The summed E-state index contributed by atoms with van der Waals surface area (Å²) in [5.74, 6) is 0. The van der Waals surface area contributed by atoms with Crippen molar-refractivity contribution in [2.24, 2.45) is 0 Å². The van der Waals surface area contributed by atoms with Crippen LogP contribution in [0.3, 0.4) is 0 Å². The summed E-state index contributed by atoms with van der Waals surface area (Å²) in [5.41, 5.74) is 0.810. The second-order valence-electron chi connectivity index (χ2n) is 2.98. The minimum Gasteiger partial charge on any atom is -0.437 e. The van der Waals surface area contributed by atoms with Crippen LogP contribution < -0.4 is 0 Å². The maximum atomic E-state index is 11.1. The van der Waals surface area contributed by atoms with Gasteiger partial charge in [0.1, 0.15) is 6.10 Å². The van der Waals surface area contributed by atoms with E-state index in [0.29, 0.717) is 0 Å². The molecule has 0 aromatic heterocycles. The molecule has 0 aliphatic rings. The molecule has 0 radical (unpaired) electrons. The predicted octanol–water partition coefficient (Wildman–Crippen LogP) is 2.67. The van der Waals surface area contributed by atoms with Crippen LogP contribution >= 0.6 is 0 Å². The lowest BCUT2D eigenvalue weighted by molar-refractivity contribution is 0.0264. The van der Waals surface area contributed by atoms with Gasteiger partial charge in [0.05, 0.1) is 7.11 Å². The van der Waals surface area contributed by atoms with Crippen LogP contribution in [0, 0.1) is 0 Å². The third-order valence-electron chi connectivity index (χ3n) is 1.88. The summed E-state index contributed by atoms with van der Waals surface area (Å²) in [5, 5.41) is 0. The Kier molecular flexibility index (Phi) is 4.32. The van der Waals surface area contributed by atoms with Crippen LogP contribution in [0.25, 0.3) is 0 Å². The third kappa shape index (κ3) is 3.61. The molecule has 0 amide bonds. The molecule has 1 unspecified atom stereocenters. The van der Waals surface area contributed by atoms with E-state index in [1.165, 1.54) is 0 Å². The fourth-order valence-electron chi connectivity index (χ4n) is 1.07. The number of ether oxygens (including phenoxy) is 3. The number of rotatable bonds is 2. The Bertz CT molecular complexity index is 360. The van der Waals surface area contributed by atoms with E-state index < -0.39 is 18.4 Å². The van der Waals surface area contributed by atoms with Crippen molar-refractivity contribution in [3.05, 3.63) is 35.9 Å². The molecule has 0 bridgehead atoms. The van der Waals surface area contributed by atoms with Crippen LogP contribution in [0.1, 0.15) is 18.6 Å². The van der Waals surface area contributed by atoms with E-state index in [9.17, 15) is 9.59 Å². The first-order valence-corrected chi connectivity index (χ1v) is 4.65. The molecule has 0 saturated heterocycles. The monoisotopic (exact) mass is 224 g/mol. The van der Waals surface area contributed by atoms with E-state index in [-0.39, 0.29) is 0 Å². The minimum atomic E-state index is -1.09. The Morgan fingerprint density at radius 1 is 1.12 bits per heavy atom. The Labute approximate surface area is 92.9 Å². The molecule has 1 atom stereocenters. The lowest BCUT2D eigenvalue weighted by atomic mass is 10.1. The molecule has 86 valence electrons. The summed E-state index contributed by atoms with van der Waals surface area (Å²) < 4.78 is 13.2. The van der Waals surface area contributed by atoms with E-state index in [4.69, 9.17) is 4.74 Å². The maximum Gasteiger partial charge on any atom is 0.519 e. The smallest absolute Gasteiger partial charge is 0.437 e. The number of carbonyl (C=O) groups is 2. The minimum absolute atomic E-state index is 0.488. The predicted molar refractivity (Wildman–Crippen MR) is 54.8 cm³/mol. The zero-order chi connectivity index (χ0) is 12.0. The highest BCUT2D eigenvalue weighted by Gasteiger charge is 2.16. The van der Waals surface area contributed by atoms with E-state index in [2.05, 4.69) is 9.47 Å². The van der Waals surface area contributed by atoms with Crippen LogP contribution in [-0.4, -0.2) is 19.4 Å². The molecule has 0 saturated carbocycles. The summed E-state index contributed by atoms with van der Waals surface area (Å²) in [6, 6.07) is 9.09. The quantitative estimate of drug-likeness (QED) is 0.570. The SMILES string of the molecule is COC(=O)OC(=O)OC(C)c1ccccc1. The normalized spacial score (nSPS) is 11.4. The van der Waals surface area contributed by atoms with Crippen molar-refractivity contribution in [2.75, 3.05) is 7.11 Å². The van der Waals surface area contributed by atoms with Gasteiger partial charge in [0, 0.05) is 0 Å². The van der Waals surface area contributed by atoms with Crippen molar-refractivity contribution in [3.8, 4) is 0 Å². The molecular formula is C11H12O5. The molecule has 1 rings (SSSR count). The summed E-state index contributed by atoms with van der Waals surface area (Å²) in [6.07, 6.45) is -2.66. The lowest BCUT2D eigenvalue weighted by Crippen LogP contribution is -2.15. The van der Waals surface area contributed by atoms with E-state index in [1.54, 1.807) is 19.1 Å². The Morgan fingerprint density at radius 2 is 1.75 bits per heavy atom. The number of carbonyl (C=O) groups excluding carboxylic acids is 2. The van der Waals surface area contributed by atoms with Gasteiger partial charge in [0.2, 0.25) is 0 Å². The van der Waals surface area contributed by atoms with Crippen LogP contribution in [-0.2, 0) is 14.2 Å². The van der Waals surface area contributed by atoms with Crippen LogP contribution in [0.15, 0.2) is 30.3 Å². The average molecular weight is 224 g/mol. The highest BCUT2D eigenvalue weighted by atomic mass is 16.8. The highest BCUT2D eigenvalue weighted by molar-refractivity contribution is 5.76. The second kappa shape index (κ2) is 5.75. The van der Waals surface area contributed by atoms with Gasteiger partial charge in [-0.25, -0.2) is 9.59 Å². The molecule has 1 aromatic rings. The van der Waals surface area contributed by atoms with E-state index >= 15 is 0 Å². The summed E-state index contributed by atoms with van der Waals surface area (Å²) in [7, 11) is 1.11. The summed E-state index contributed by atoms with van der Waals surface area (Å²) in [4.78, 5) is 21.6. The molecule has 1 aromatic carbocycles. The maximum absolute atomic E-state index is 11.1. The fraction of sp³-hybridized carbons (Fsp3) is 0.273. The van der Waals surface area contributed by atoms with Crippen molar-refractivity contribution in [2.45, 2.75) is 13.0 Å². The van der Waals surface area contributed by atoms with Gasteiger partial charge in [-0.1, -0.05) is 30.3 Å². The average Bonchev–Trinajstić information content (AvgIpc) is 2.29. The van der Waals surface area contributed by atoms with Crippen LogP contribution in [0.4, 0.5) is 9.59 Å². The van der Waals surface area contributed by atoms with Gasteiger partial charge in [-0.15, -0.1) is 0 Å². The first-order valence-electron chi connectivity index (χ1n) is 4.65. The van der Waals surface area contributed by atoms with Crippen molar-refractivity contribution >= 4 is 12.3 Å². The topological polar surface area (TPSA) is 61.8 Å². The first kappa shape index (κ1) is 12.0.